The van der Waals surface area contributed by atoms with E-state index < -0.39 is 85.8 Å². The van der Waals surface area contributed by atoms with Crippen molar-refractivity contribution in [1.82, 2.24) is 0 Å². The molecule has 2 saturated heterocycles. The number of esters is 1. The van der Waals surface area contributed by atoms with Crippen LogP contribution in [0.5, 0.6) is 0 Å². The fourth-order valence-electron chi connectivity index (χ4n) is 5.19. The second-order valence-corrected chi connectivity index (χ2v) is 9.07. The van der Waals surface area contributed by atoms with E-state index in [0.29, 0.717) is 0 Å². The lowest BCUT2D eigenvalue weighted by molar-refractivity contribution is -0.344. The molecule has 0 bridgehead atoms. The summed E-state index contributed by atoms with van der Waals surface area (Å²) in [5, 5.41) is 50.0. The smallest absolute Gasteiger partial charge is 0.331 e. The number of benzene rings is 1. The molecule has 11 atom stereocenters. The van der Waals surface area contributed by atoms with Gasteiger partial charge in [0.1, 0.15) is 42.2 Å². The predicted molar refractivity (Wildman–Crippen MR) is 116 cm³/mol. The maximum atomic E-state index is 12.5. The zero-order valence-corrected chi connectivity index (χ0v) is 18.6. The second-order valence-electron chi connectivity index (χ2n) is 9.07. The number of aliphatic hydroxyl groups excluding tert-OH is 5. The summed E-state index contributed by atoms with van der Waals surface area (Å²) in [4.78, 5) is 12.5. The Bertz CT molecular complexity index is 965. The molecular weight excluding hydrogens is 464 g/mol. The lowest BCUT2D eigenvalue weighted by Crippen LogP contribution is -2.60. The first-order valence-corrected chi connectivity index (χ1v) is 11.4. The second kappa shape index (κ2) is 9.60. The molecule has 1 aromatic rings. The van der Waals surface area contributed by atoms with Gasteiger partial charge >= 0.3 is 5.97 Å². The molecule has 5 N–H and O–H groups in total. The van der Waals surface area contributed by atoms with Crippen molar-refractivity contribution >= 4 is 12.0 Å². The summed E-state index contributed by atoms with van der Waals surface area (Å²) >= 11 is 0. The van der Waals surface area contributed by atoms with Crippen LogP contribution in [0.1, 0.15) is 5.56 Å². The van der Waals surface area contributed by atoms with Gasteiger partial charge in [0.25, 0.3) is 0 Å². The lowest BCUT2D eigenvalue weighted by Gasteiger charge is -2.43. The molecule has 0 amide bonds. The van der Waals surface area contributed by atoms with Crippen molar-refractivity contribution in [1.29, 1.82) is 0 Å². The van der Waals surface area contributed by atoms with Crippen molar-refractivity contribution in [3.8, 4) is 0 Å². The number of rotatable bonds is 7. The standard InChI is InChI=1S/C24H28O11/c25-10-14-17(28)18(29)19(30)23(32-14)34-22-16-13(8-9-31-22)20(21-24(16,11-26)35-21)33-15(27)7-6-12-4-2-1-3-5-12/h1-9,13-14,16-23,25-26,28-30H,10-11H2/b7-6+/t13-,14?,16-,17?,18?,19?,20?,21?,22?,23?,24-/m1/s1. The highest BCUT2D eigenvalue weighted by Gasteiger charge is 2.77. The Morgan fingerprint density at radius 3 is 2.54 bits per heavy atom. The summed E-state index contributed by atoms with van der Waals surface area (Å²) in [7, 11) is 0. The number of aliphatic hydroxyl groups is 5. The van der Waals surface area contributed by atoms with Gasteiger partial charge in [-0.1, -0.05) is 30.3 Å². The molecule has 1 aromatic carbocycles. The van der Waals surface area contributed by atoms with Crippen LogP contribution in [0.15, 0.2) is 48.7 Å². The molecule has 5 rings (SSSR count). The molecule has 3 aliphatic heterocycles. The molecule has 1 aliphatic carbocycles. The number of fused-ring (bicyclic) bond motifs is 3. The Morgan fingerprint density at radius 1 is 1.06 bits per heavy atom. The van der Waals surface area contributed by atoms with Crippen LogP contribution in [-0.4, -0.2) is 99.5 Å². The van der Waals surface area contributed by atoms with Gasteiger partial charge in [0.2, 0.25) is 6.29 Å². The molecular formula is C24H28O11. The van der Waals surface area contributed by atoms with Crippen LogP contribution in [-0.2, 0) is 28.5 Å². The van der Waals surface area contributed by atoms with Crippen molar-refractivity contribution < 1.29 is 54.0 Å². The predicted octanol–water partition coefficient (Wildman–Crippen LogP) is -1.33. The third-order valence-corrected chi connectivity index (χ3v) is 7.06. The number of hydrogen-bond donors (Lipinski definition) is 5. The summed E-state index contributed by atoms with van der Waals surface area (Å²) in [6.45, 7) is -0.999. The Kier molecular flexibility index (Phi) is 6.68. The van der Waals surface area contributed by atoms with Crippen LogP contribution in [0.2, 0.25) is 0 Å². The fraction of sp³-hybridized carbons (Fsp3) is 0.542. The van der Waals surface area contributed by atoms with Crippen LogP contribution >= 0.6 is 0 Å². The summed E-state index contributed by atoms with van der Waals surface area (Å²) in [5.41, 5.74) is -0.262. The SMILES string of the molecule is O=C(/C=C/c1ccccc1)OC1C2O[C@]2(CO)[C@H]2C(OC3OC(CO)C(O)C(O)C3O)OC=C[C@@H]12. The summed E-state index contributed by atoms with van der Waals surface area (Å²) in [6.07, 6.45) is -3.78. The van der Waals surface area contributed by atoms with E-state index in [-0.39, 0.29) is 0 Å². The Hall–Kier alpha value is -2.35. The van der Waals surface area contributed by atoms with Gasteiger partial charge in [0.05, 0.1) is 25.4 Å². The van der Waals surface area contributed by atoms with Gasteiger partial charge in [-0.2, -0.15) is 0 Å². The zero-order chi connectivity index (χ0) is 24.7. The average molecular weight is 492 g/mol. The van der Waals surface area contributed by atoms with Crippen LogP contribution in [0.25, 0.3) is 6.08 Å². The first-order valence-electron chi connectivity index (χ1n) is 11.4. The molecule has 3 heterocycles. The minimum Gasteiger partial charge on any atom is -0.472 e. The monoisotopic (exact) mass is 492 g/mol. The average Bonchev–Trinajstić information content (AvgIpc) is 3.56. The van der Waals surface area contributed by atoms with Gasteiger partial charge in [-0.25, -0.2) is 4.79 Å². The van der Waals surface area contributed by atoms with Crippen molar-refractivity contribution in [2.75, 3.05) is 13.2 Å². The van der Waals surface area contributed by atoms with Crippen molar-refractivity contribution in [3.63, 3.8) is 0 Å². The van der Waals surface area contributed by atoms with E-state index in [2.05, 4.69) is 0 Å². The summed E-state index contributed by atoms with van der Waals surface area (Å²) < 4.78 is 28.3. The molecule has 11 nitrogen and oxygen atoms in total. The fourth-order valence-corrected chi connectivity index (χ4v) is 5.19. The van der Waals surface area contributed by atoms with Gasteiger partial charge < -0.3 is 49.2 Å². The normalized spacial score (nSPS) is 43.9. The third kappa shape index (κ3) is 4.28. The minimum absolute atomic E-state index is 0.390. The molecule has 11 heteroatoms. The summed E-state index contributed by atoms with van der Waals surface area (Å²) in [6, 6.07) is 9.26. The van der Waals surface area contributed by atoms with Gasteiger partial charge in [-0.15, -0.1) is 0 Å². The molecule has 0 radical (unpaired) electrons. The number of carbonyl (C=O) groups excluding carboxylic acids is 1. The molecule has 0 aromatic heterocycles. The minimum atomic E-state index is -1.63. The molecule has 3 fully saturated rings. The topological polar surface area (TPSA) is 168 Å². The molecule has 0 spiro atoms. The third-order valence-electron chi connectivity index (χ3n) is 7.06. The van der Waals surface area contributed by atoms with E-state index in [4.69, 9.17) is 23.7 Å². The number of carbonyl (C=O) groups is 1. The molecule has 4 aliphatic rings. The first-order chi connectivity index (χ1) is 16.9. The van der Waals surface area contributed by atoms with Crippen LogP contribution in [0.3, 0.4) is 0 Å². The molecule has 8 unspecified atom stereocenters. The highest BCUT2D eigenvalue weighted by molar-refractivity contribution is 5.87. The van der Waals surface area contributed by atoms with Crippen molar-refractivity contribution in [3.05, 3.63) is 54.3 Å². The highest BCUT2D eigenvalue weighted by Crippen LogP contribution is 2.60. The lowest BCUT2D eigenvalue weighted by atomic mass is 9.85. The van der Waals surface area contributed by atoms with Crippen LogP contribution in [0.4, 0.5) is 0 Å². The number of epoxide rings is 1. The van der Waals surface area contributed by atoms with Crippen LogP contribution in [0, 0.1) is 11.8 Å². The van der Waals surface area contributed by atoms with Gasteiger partial charge in [0, 0.05) is 12.0 Å². The van der Waals surface area contributed by atoms with E-state index in [9.17, 15) is 30.3 Å². The van der Waals surface area contributed by atoms with E-state index in [1.165, 1.54) is 12.3 Å². The number of ether oxygens (including phenoxy) is 5. The van der Waals surface area contributed by atoms with E-state index in [1.54, 1.807) is 12.2 Å². The number of hydrogen-bond acceptors (Lipinski definition) is 11. The molecule has 35 heavy (non-hydrogen) atoms. The highest BCUT2D eigenvalue weighted by atomic mass is 16.8. The zero-order valence-electron chi connectivity index (χ0n) is 18.6. The first kappa shape index (κ1) is 24.3. The van der Waals surface area contributed by atoms with Gasteiger partial charge in [0.15, 0.2) is 6.29 Å². The largest absolute Gasteiger partial charge is 0.472 e. The maximum Gasteiger partial charge on any atom is 0.331 e. The van der Waals surface area contributed by atoms with Crippen molar-refractivity contribution in [2.24, 2.45) is 11.8 Å². The van der Waals surface area contributed by atoms with E-state index >= 15 is 0 Å². The quantitative estimate of drug-likeness (QED) is 0.174. The molecule has 190 valence electrons. The molecule has 1 saturated carbocycles. The van der Waals surface area contributed by atoms with Crippen LogP contribution < -0.4 is 0 Å². The van der Waals surface area contributed by atoms with Crippen molar-refractivity contribution in [2.45, 2.75) is 54.8 Å². The maximum absolute atomic E-state index is 12.5. The van der Waals surface area contributed by atoms with E-state index in [0.717, 1.165) is 5.56 Å². The van der Waals surface area contributed by atoms with Gasteiger partial charge in [-0.3, -0.25) is 0 Å². The Labute approximate surface area is 200 Å². The van der Waals surface area contributed by atoms with E-state index in [1.807, 2.05) is 30.3 Å². The Morgan fingerprint density at radius 2 is 1.83 bits per heavy atom. The van der Waals surface area contributed by atoms with Gasteiger partial charge in [-0.05, 0) is 17.7 Å². The Balaban J connectivity index is 1.31. The summed E-state index contributed by atoms with van der Waals surface area (Å²) in [5.74, 6) is -1.64.